The first-order valence-electron chi connectivity index (χ1n) is 11.1. The molecule has 0 radical (unpaired) electrons. The number of nitrogens with zero attached hydrogens (tertiary/aromatic N) is 3. The molecular weight excluding hydrogens is 410 g/mol. The molecule has 4 rings (SSSR count). The van der Waals surface area contributed by atoms with Crippen molar-refractivity contribution >= 4 is 15.7 Å². The molecule has 1 amide bonds. The van der Waals surface area contributed by atoms with Crippen molar-refractivity contribution < 1.29 is 13.2 Å². The predicted octanol–water partition coefficient (Wildman–Crippen LogP) is 2.51. The van der Waals surface area contributed by atoms with Crippen LogP contribution < -0.4 is 0 Å². The number of carbonyl (C=O) groups excluding carboxylic acids is 1. The molecule has 2 saturated heterocycles. The quantitative estimate of drug-likeness (QED) is 0.661. The van der Waals surface area contributed by atoms with Gasteiger partial charge in [-0.15, -0.1) is 0 Å². The van der Waals surface area contributed by atoms with Crippen molar-refractivity contribution in [3.63, 3.8) is 0 Å². The molecule has 2 aromatic rings. The zero-order valence-electron chi connectivity index (χ0n) is 17.9. The van der Waals surface area contributed by atoms with Gasteiger partial charge in [-0.3, -0.25) is 9.69 Å². The molecule has 7 heteroatoms. The molecule has 2 heterocycles. The molecule has 0 N–H and O–H groups in total. The fourth-order valence-corrected chi connectivity index (χ4v) is 5.73. The molecule has 0 aliphatic carbocycles. The Balaban J connectivity index is 1.33. The van der Waals surface area contributed by atoms with Gasteiger partial charge in [-0.2, -0.15) is 0 Å². The lowest BCUT2D eigenvalue weighted by Gasteiger charge is -2.35. The van der Waals surface area contributed by atoms with Gasteiger partial charge in [-0.1, -0.05) is 30.3 Å². The van der Waals surface area contributed by atoms with Crippen LogP contribution in [-0.4, -0.2) is 81.4 Å². The third kappa shape index (κ3) is 5.73. The highest BCUT2D eigenvalue weighted by Gasteiger charge is 2.23. The monoisotopic (exact) mass is 441 g/mol. The van der Waals surface area contributed by atoms with Crippen molar-refractivity contribution in [2.45, 2.75) is 23.5 Å². The summed E-state index contributed by atoms with van der Waals surface area (Å²) in [6, 6.07) is 15.5. The lowest BCUT2D eigenvalue weighted by Crippen LogP contribution is -2.50. The second kappa shape index (κ2) is 9.94. The summed E-state index contributed by atoms with van der Waals surface area (Å²) < 4.78 is 25.3. The number of benzene rings is 2. The summed E-state index contributed by atoms with van der Waals surface area (Å²) in [5, 5.41) is 0. The average Bonchev–Trinajstić information content (AvgIpc) is 3.32. The van der Waals surface area contributed by atoms with Gasteiger partial charge in [0.15, 0.2) is 9.84 Å². The van der Waals surface area contributed by atoms with Gasteiger partial charge in [0.25, 0.3) is 5.91 Å². The van der Waals surface area contributed by atoms with Crippen LogP contribution >= 0.6 is 0 Å². The van der Waals surface area contributed by atoms with Crippen molar-refractivity contribution in [1.29, 1.82) is 0 Å². The van der Waals surface area contributed by atoms with Gasteiger partial charge in [0.2, 0.25) is 0 Å². The Morgan fingerprint density at radius 3 is 2.10 bits per heavy atom. The van der Waals surface area contributed by atoms with Crippen LogP contribution in [0.5, 0.6) is 0 Å². The maximum atomic E-state index is 13.0. The lowest BCUT2D eigenvalue weighted by atomic mass is 10.1. The zero-order chi connectivity index (χ0) is 21.7. The molecule has 2 aliphatic rings. The molecule has 0 atom stereocenters. The summed E-state index contributed by atoms with van der Waals surface area (Å²) in [6.07, 6.45) is 2.63. The van der Waals surface area contributed by atoms with Crippen molar-refractivity contribution in [2.75, 3.05) is 52.4 Å². The van der Waals surface area contributed by atoms with Crippen molar-refractivity contribution in [3.8, 4) is 0 Å². The summed E-state index contributed by atoms with van der Waals surface area (Å²) in [7, 11) is -3.44. The fraction of sp³-hybridized carbons (Fsp3) is 0.458. The number of hydrogen-bond donors (Lipinski definition) is 0. The van der Waals surface area contributed by atoms with E-state index < -0.39 is 9.84 Å². The number of rotatable bonds is 7. The van der Waals surface area contributed by atoms with E-state index in [9.17, 15) is 13.2 Å². The smallest absolute Gasteiger partial charge is 0.253 e. The second-order valence-corrected chi connectivity index (χ2v) is 10.4. The van der Waals surface area contributed by atoms with Gasteiger partial charge in [0.05, 0.1) is 10.6 Å². The number of likely N-dealkylation sites (tertiary alicyclic amines) is 1. The molecular formula is C24H31N3O3S. The maximum Gasteiger partial charge on any atom is 0.253 e. The molecule has 2 aliphatic heterocycles. The molecule has 0 saturated carbocycles. The van der Waals surface area contributed by atoms with E-state index in [0.29, 0.717) is 29.1 Å². The predicted molar refractivity (Wildman–Crippen MR) is 122 cm³/mol. The Morgan fingerprint density at radius 2 is 1.42 bits per heavy atom. The highest BCUT2D eigenvalue weighted by atomic mass is 32.2. The number of carbonyl (C=O) groups is 1. The molecule has 6 nitrogen and oxygen atoms in total. The van der Waals surface area contributed by atoms with Gasteiger partial charge in [0, 0.05) is 44.8 Å². The Labute approximate surface area is 185 Å². The average molecular weight is 442 g/mol. The topological polar surface area (TPSA) is 60.9 Å². The molecule has 2 fully saturated rings. The van der Waals surface area contributed by atoms with Crippen LogP contribution in [0.3, 0.4) is 0 Å². The highest BCUT2D eigenvalue weighted by molar-refractivity contribution is 7.90. The first-order valence-corrected chi connectivity index (χ1v) is 12.8. The lowest BCUT2D eigenvalue weighted by molar-refractivity contribution is 0.0626. The van der Waals surface area contributed by atoms with Crippen molar-refractivity contribution in [3.05, 3.63) is 65.7 Å². The standard InChI is InChI=1S/C24H31N3O3S/c28-24(27-17-15-26(16-18-27)14-13-25-11-4-5-12-25)22-8-6-7-21(19-22)20-31(29,30)23-9-2-1-3-10-23/h1-3,6-10,19H,4-5,11-18,20H2. The Kier molecular flexibility index (Phi) is 7.05. The fourth-order valence-electron chi connectivity index (χ4n) is 4.37. The van der Waals surface area contributed by atoms with Crippen LogP contribution in [0.1, 0.15) is 28.8 Å². The minimum absolute atomic E-state index is 0.0156. The number of amides is 1. The van der Waals surface area contributed by atoms with Crippen molar-refractivity contribution in [1.82, 2.24) is 14.7 Å². The molecule has 2 aromatic carbocycles. The molecule has 0 unspecified atom stereocenters. The SMILES string of the molecule is O=C(c1cccc(CS(=O)(=O)c2ccccc2)c1)N1CCN(CCN2CCCC2)CC1. The van der Waals surface area contributed by atoms with Crippen LogP contribution in [0.25, 0.3) is 0 Å². The highest BCUT2D eigenvalue weighted by Crippen LogP contribution is 2.18. The van der Waals surface area contributed by atoms with E-state index >= 15 is 0 Å². The third-order valence-electron chi connectivity index (χ3n) is 6.22. The van der Waals surface area contributed by atoms with Crippen LogP contribution in [-0.2, 0) is 15.6 Å². The maximum absolute atomic E-state index is 13.0. The van der Waals surface area contributed by atoms with E-state index in [2.05, 4.69) is 9.80 Å². The second-order valence-electron chi connectivity index (χ2n) is 8.46. The van der Waals surface area contributed by atoms with Gasteiger partial charge in [-0.05, 0) is 55.8 Å². The van der Waals surface area contributed by atoms with E-state index in [1.54, 1.807) is 54.6 Å². The summed E-state index contributed by atoms with van der Waals surface area (Å²) in [5.74, 6) is -0.124. The largest absolute Gasteiger partial charge is 0.336 e. The normalized spacial score (nSPS) is 18.4. The minimum atomic E-state index is -3.44. The van der Waals surface area contributed by atoms with Gasteiger partial charge in [0.1, 0.15) is 0 Å². The molecule has 0 bridgehead atoms. The van der Waals surface area contributed by atoms with E-state index in [0.717, 1.165) is 26.2 Å². The minimum Gasteiger partial charge on any atom is -0.336 e. The first-order chi connectivity index (χ1) is 15.0. The Hall–Kier alpha value is -2.22. The third-order valence-corrected chi connectivity index (χ3v) is 7.93. The first kappa shape index (κ1) is 22.0. The van der Waals surface area contributed by atoms with E-state index in [1.807, 2.05) is 4.90 Å². The molecule has 31 heavy (non-hydrogen) atoms. The number of sulfone groups is 1. The Bertz CT molecular complexity index is 980. The zero-order valence-corrected chi connectivity index (χ0v) is 18.8. The van der Waals surface area contributed by atoms with E-state index in [-0.39, 0.29) is 11.7 Å². The van der Waals surface area contributed by atoms with Crippen LogP contribution in [0.4, 0.5) is 0 Å². The van der Waals surface area contributed by atoms with Gasteiger partial charge in [-0.25, -0.2) is 8.42 Å². The van der Waals surface area contributed by atoms with Crippen LogP contribution in [0.2, 0.25) is 0 Å². The van der Waals surface area contributed by atoms with E-state index in [1.165, 1.54) is 25.9 Å². The van der Waals surface area contributed by atoms with E-state index in [4.69, 9.17) is 0 Å². The Morgan fingerprint density at radius 1 is 0.774 bits per heavy atom. The van der Waals surface area contributed by atoms with Gasteiger partial charge < -0.3 is 9.80 Å². The summed E-state index contributed by atoms with van der Waals surface area (Å²) in [5.41, 5.74) is 1.20. The van der Waals surface area contributed by atoms with Crippen molar-refractivity contribution in [2.24, 2.45) is 0 Å². The molecule has 0 aromatic heterocycles. The van der Waals surface area contributed by atoms with Crippen LogP contribution in [0.15, 0.2) is 59.5 Å². The summed E-state index contributed by atoms with van der Waals surface area (Å²) in [6.45, 7) is 7.82. The number of hydrogen-bond acceptors (Lipinski definition) is 5. The van der Waals surface area contributed by atoms with Crippen LogP contribution in [0, 0.1) is 0 Å². The molecule has 0 spiro atoms. The van der Waals surface area contributed by atoms with Gasteiger partial charge >= 0.3 is 0 Å². The molecule has 166 valence electrons. The summed E-state index contributed by atoms with van der Waals surface area (Å²) >= 11 is 0. The summed E-state index contributed by atoms with van der Waals surface area (Å²) in [4.78, 5) is 20.2. The number of piperazine rings is 1.